The van der Waals surface area contributed by atoms with Crippen LogP contribution in [0.1, 0.15) is 27.0 Å². The number of sulfonamides is 1. The van der Waals surface area contributed by atoms with Crippen LogP contribution < -0.4 is 4.72 Å². The molecule has 2 rings (SSSR count). The standard InChI is InChI=1S/C16H17NO4S/c1-11-8-12(2)15(9-14(11)16(18)19)17-22(20,21)10-13-6-4-3-5-7-13/h3-9,17H,10H2,1-2H3,(H,18,19). The maximum Gasteiger partial charge on any atom is 0.336 e. The summed E-state index contributed by atoms with van der Waals surface area (Å²) in [6, 6.07) is 11.8. The number of rotatable bonds is 5. The Morgan fingerprint density at radius 3 is 2.32 bits per heavy atom. The highest BCUT2D eigenvalue weighted by atomic mass is 32.2. The lowest BCUT2D eigenvalue weighted by Crippen LogP contribution is -2.16. The molecule has 0 atom stereocenters. The van der Waals surface area contributed by atoms with Crippen LogP contribution in [0.25, 0.3) is 0 Å². The molecule has 116 valence electrons. The van der Waals surface area contributed by atoms with Gasteiger partial charge in [-0.2, -0.15) is 0 Å². The maximum atomic E-state index is 12.2. The molecule has 0 bridgehead atoms. The van der Waals surface area contributed by atoms with Crippen molar-refractivity contribution in [3.8, 4) is 0 Å². The lowest BCUT2D eigenvalue weighted by Gasteiger charge is -2.13. The van der Waals surface area contributed by atoms with E-state index in [1.807, 2.05) is 6.07 Å². The van der Waals surface area contributed by atoms with Crippen LogP contribution in [-0.4, -0.2) is 19.5 Å². The second kappa shape index (κ2) is 6.19. The van der Waals surface area contributed by atoms with Gasteiger partial charge in [0.15, 0.2) is 0 Å². The van der Waals surface area contributed by atoms with Crippen molar-refractivity contribution in [2.75, 3.05) is 4.72 Å². The van der Waals surface area contributed by atoms with Gasteiger partial charge in [-0.3, -0.25) is 4.72 Å². The third-order valence-electron chi connectivity index (χ3n) is 3.27. The van der Waals surface area contributed by atoms with Gasteiger partial charge < -0.3 is 5.11 Å². The normalized spacial score (nSPS) is 11.2. The van der Waals surface area contributed by atoms with Crippen LogP contribution in [0.15, 0.2) is 42.5 Å². The Hall–Kier alpha value is -2.34. The Bertz CT molecular complexity index is 798. The van der Waals surface area contributed by atoms with Crippen molar-refractivity contribution in [1.29, 1.82) is 0 Å². The zero-order chi connectivity index (χ0) is 16.3. The van der Waals surface area contributed by atoms with Gasteiger partial charge in [-0.05, 0) is 36.6 Å². The van der Waals surface area contributed by atoms with Gasteiger partial charge in [-0.1, -0.05) is 36.4 Å². The highest BCUT2D eigenvalue weighted by molar-refractivity contribution is 7.91. The number of nitrogens with one attached hydrogen (secondary N) is 1. The second-order valence-corrected chi connectivity index (χ2v) is 6.86. The van der Waals surface area contributed by atoms with E-state index in [9.17, 15) is 13.2 Å². The van der Waals surface area contributed by atoms with E-state index >= 15 is 0 Å². The maximum absolute atomic E-state index is 12.2. The molecular formula is C16H17NO4S. The van der Waals surface area contributed by atoms with Crippen molar-refractivity contribution in [1.82, 2.24) is 0 Å². The first-order valence-corrected chi connectivity index (χ1v) is 8.33. The Kier molecular flexibility index (Phi) is 4.51. The van der Waals surface area contributed by atoms with Gasteiger partial charge in [0.25, 0.3) is 0 Å². The minimum atomic E-state index is -3.61. The summed E-state index contributed by atoms with van der Waals surface area (Å²) in [5.74, 6) is -1.25. The number of hydrogen-bond acceptors (Lipinski definition) is 3. The zero-order valence-electron chi connectivity index (χ0n) is 12.3. The molecule has 0 heterocycles. The summed E-state index contributed by atoms with van der Waals surface area (Å²) in [6.07, 6.45) is 0. The molecule has 0 aliphatic rings. The number of carbonyl (C=O) groups is 1. The van der Waals surface area contributed by atoms with E-state index in [1.165, 1.54) is 6.07 Å². The molecular weight excluding hydrogens is 302 g/mol. The first-order chi connectivity index (χ1) is 10.3. The highest BCUT2D eigenvalue weighted by Gasteiger charge is 2.16. The van der Waals surface area contributed by atoms with Gasteiger partial charge in [0, 0.05) is 0 Å². The SMILES string of the molecule is Cc1cc(C)c(C(=O)O)cc1NS(=O)(=O)Cc1ccccc1. The lowest BCUT2D eigenvalue weighted by molar-refractivity contribution is 0.0696. The van der Waals surface area contributed by atoms with Crippen LogP contribution in [-0.2, 0) is 15.8 Å². The van der Waals surface area contributed by atoms with Crippen LogP contribution >= 0.6 is 0 Å². The van der Waals surface area contributed by atoms with Crippen LogP contribution in [0.4, 0.5) is 5.69 Å². The van der Waals surface area contributed by atoms with Gasteiger partial charge in [-0.15, -0.1) is 0 Å². The largest absolute Gasteiger partial charge is 0.478 e. The number of hydrogen-bond donors (Lipinski definition) is 2. The Labute approximate surface area is 129 Å². The summed E-state index contributed by atoms with van der Waals surface area (Å²) in [5, 5.41) is 9.14. The summed E-state index contributed by atoms with van der Waals surface area (Å²) in [5.41, 5.74) is 2.32. The molecule has 0 aliphatic carbocycles. The van der Waals surface area contributed by atoms with Crippen molar-refractivity contribution in [3.05, 3.63) is 64.7 Å². The monoisotopic (exact) mass is 319 g/mol. The molecule has 0 unspecified atom stereocenters. The molecule has 0 radical (unpaired) electrons. The molecule has 0 spiro atoms. The molecule has 0 saturated heterocycles. The molecule has 0 saturated carbocycles. The molecule has 5 nitrogen and oxygen atoms in total. The quantitative estimate of drug-likeness (QED) is 0.887. The molecule has 2 N–H and O–H groups in total. The van der Waals surface area contributed by atoms with Gasteiger partial charge in [0.05, 0.1) is 17.0 Å². The summed E-state index contributed by atoms with van der Waals surface area (Å²) < 4.78 is 26.9. The summed E-state index contributed by atoms with van der Waals surface area (Å²) in [6.45, 7) is 3.41. The third-order valence-corrected chi connectivity index (χ3v) is 4.51. The number of carboxylic acid groups (broad SMARTS) is 1. The Balaban J connectivity index is 2.30. The van der Waals surface area contributed by atoms with E-state index < -0.39 is 16.0 Å². The Morgan fingerprint density at radius 1 is 1.09 bits per heavy atom. The molecule has 22 heavy (non-hydrogen) atoms. The van der Waals surface area contributed by atoms with Crippen molar-refractivity contribution in [2.24, 2.45) is 0 Å². The second-order valence-electron chi connectivity index (χ2n) is 5.13. The molecule has 2 aromatic rings. The number of aryl methyl sites for hydroxylation is 2. The van der Waals surface area contributed by atoms with Gasteiger partial charge in [-0.25, -0.2) is 13.2 Å². The van der Waals surface area contributed by atoms with E-state index in [-0.39, 0.29) is 11.3 Å². The number of carboxylic acids is 1. The first-order valence-electron chi connectivity index (χ1n) is 6.67. The first kappa shape index (κ1) is 16.0. The average molecular weight is 319 g/mol. The van der Waals surface area contributed by atoms with Crippen molar-refractivity contribution in [2.45, 2.75) is 19.6 Å². The van der Waals surface area contributed by atoms with Crippen molar-refractivity contribution < 1.29 is 18.3 Å². The fourth-order valence-electron chi connectivity index (χ4n) is 2.19. The molecule has 0 aliphatic heterocycles. The minimum Gasteiger partial charge on any atom is -0.478 e. The zero-order valence-corrected chi connectivity index (χ0v) is 13.1. The van der Waals surface area contributed by atoms with Gasteiger partial charge in [0.2, 0.25) is 10.0 Å². The average Bonchev–Trinajstić information content (AvgIpc) is 2.42. The van der Waals surface area contributed by atoms with Crippen LogP contribution in [0, 0.1) is 13.8 Å². The fraction of sp³-hybridized carbons (Fsp3) is 0.188. The topological polar surface area (TPSA) is 83.5 Å². The van der Waals surface area contributed by atoms with E-state index in [1.54, 1.807) is 44.2 Å². The predicted octanol–water partition coefficient (Wildman–Crippen LogP) is 2.94. The van der Waals surface area contributed by atoms with Gasteiger partial charge in [0.1, 0.15) is 0 Å². The number of benzene rings is 2. The minimum absolute atomic E-state index is 0.0861. The van der Waals surface area contributed by atoms with Crippen LogP contribution in [0.3, 0.4) is 0 Å². The smallest absolute Gasteiger partial charge is 0.336 e. The van der Waals surface area contributed by atoms with Crippen LogP contribution in [0.2, 0.25) is 0 Å². The van der Waals surface area contributed by atoms with E-state index in [0.717, 1.165) is 0 Å². The molecule has 0 fully saturated rings. The highest BCUT2D eigenvalue weighted by Crippen LogP contribution is 2.22. The van der Waals surface area contributed by atoms with E-state index in [4.69, 9.17) is 5.11 Å². The third kappa shape index (κ3) is 3.85. The van der Waals surface area contributed by atoms with Crippen molar-refractivity contribution >= 4 is 21.7 Å². The molecule has 0 aromatic heterocycles. The summed E-state index contributed by atoms with van der Waals surface area (Å²) in [4.78, 5) is 11.2. The lowest BCUT2D eigenvalue weighted by atomic mass is 10.0. The summed E-state index contributed by atoms with van der Waals surface area (Å²) in [7, 11) is -3.61. The number of aromatic carboxylic acids is 1. The van der Waals surface area contributed by atoms with Gasteiger partial charge >= 0.3 is 5.97 Å². The molecule has 6 heteroatoms. The fourth-order valence-corrected chi connectivity index (χ4v) is 3.45. The molecule has 0 amide bonds. The summed E-state index contributed by atoms with van der Waals surface area (Å²) >= 11 is 0. The molecule has 2 aromatic carbocycles. The number of anilines is 1. The van der Waals surface area contributed by atoms with E-state index in [2.05, 4.69) is 4.72 Å². The predicted molar refractivity (Wildman–Crippen MR) is 85.6 cm³/mol. The van der Waals surface area contributed by atoms with Crippen molar-refractivity contribution in [3.63, 3.8) is 0 Å². The Morgan fingerprint density at radius 2 is 1.73 bits per heavy atom. The van der Waals surface area contributed by atoms with E-state index in [0.29, 0.717) is 22.4 Å². The van der Waals surface area contributed by atoms with Crippen LogP contribution in [0.5, 0.6) is 0 Å².